The van der Waals surface area contributed by atoms with Gasteiger partial charge in [0.25, 0.3) is 0 Å². The summed E-state index contributed by atoms with van der Waals surface area (Å²) in [5, 5.41) is 3.04. The van der Waals surface area contributed by atoms with E-state index in [1.165, 1.54) is 15.3 Å². The Kier molecular flexibility index (Phi) is 6.45. The third-order valence-electron chi connectivity index (χ3n) is 3.57. The standard InChI is InChI=1S/C14H22N2O2S.ClH/c1-8-6-12(10(3)19-8)9(2)16-14(17)13-5-4-11(7-15)18-13;/h6,9,11,13H,4-5,7,15H2,1-3H3,(H,16,17);1H/t9?,11-,13+;/m1./s1. The summed E-state index contributed by atoms with van der Waals surface area (Å²) in [7, 11) is 0. The fourth-order valence-electron chi connectivity index (χ4n) is 2.54. The van der Waals surface area contributed by atoms with E-state index < -0.39 is 0 Å². The Morgan fingerprint density at radius 3 is 2.75 bits per heavy atom. The molecule has 1 fully saturated rings. The molecule has 0 spiro atoms. The number of halogens is 1. The van der Waals surface area contributed by atoms with Crippen LogP contribution in [0.4, 0.5) is 0 Å². The molecule has 0 saturated carbocycles. The molecule has 4 nitrogen and oxygen atoms in total. The highest BCUT2D eigenvalue weighted by atomic mass is 35.5. The Hall–Kier alpha value is -0.620. The highest BCUT2D eigenvalue weighted by Crippen LogP contribution is 2.27. The molecule has 0 radical (unpaired) electrons. The lowest BCUT2D eigenvalue weighted by Crippen LogP contribution is -2.37. The van der Waals surface area contributed by atoms with Gasteiger partial charge < -0.3 is 15.8 Å². The average molecular weight is 319 g/mol. The number of rotatable bonds is 4. The lowest BCUT2D eigenvalue weighted by atomic mass is 10.1. The second-order valence-electron chi connectivity index (χ2n) is 5.16. The van der Waals surface area contributed by atoms with E-state index in [4.69, 9.17) is 10.5 Å². The van der Waals surface area contributed by atoms with E-state index in [0.717, 1.165) is 12.8 Å². The smallest absolute Gasteiger partial charge is 0.249 e. The van der Waals surface area contributed by atoms with Crippen molar-refractivity contribution in [2.75, 3.05) is 6.54 Å². The van der Waals surface area contributed by atoms with Gasteiger partial charge in [-0.1, -0.05) is 0 Å². The molecule has 1 saturated heterocycles. The summed E-state index contributed by atoms with van der Waals surface area (Å²) in [4.78, 5) is 14.7. The van der Waals surface area contributed by atoms with Gasteiger partial charge in [0.05, 0.1) is 12.1 Å². The molecular weight excluding hydrogens is 296 g/mol. The zero-order valence-electron chi connectivity index (χ0n) is 12.1. The zero-order valence-corrected chi connectivity index (χ0v) is 13.8. The van der Waals surface area contributed by atoms with Crippen molar-refractivity contribution in [2.45, 2.75) is 51.9 Å². The molecule has 20 heavy (non-hydrogen) atoms. The summed E-state index contributed by atoms with van der Waals surface area (Å²) >= 11 is 1.76. The molecule has 1 aromatic heterocycles. The fraction of sp³-hybridized carbons (Fsp3) is 0.643. The predicted octanol–water partition coefficient (Wildman–Crippen LogP) is 2.47. The van der Waals surface area contributed by atoms with Crippen molar-refractivity contribution in [1.29, 1.82) is 0 Å². The Labute approximate surface area is 130 Å². The Bertz CT molecular complexity index is 464. The summed E-state index contributed by atoms with van der Waals surface area (Å²) in [6.45, 7) is 6.68. The summed E-state index contributed by atoms with van der Waals surface area (Å²) < 4.78 is 5.61. The van der Waals surface area contributed by atoms with Crippen LogP contribution in [-0.4, -0.2) is 24.7 Å². The van der Waals surface area contributed by atoms with Crippen LogP contribution in [0.15, 0.2) is 6.07 Å². The number of nitrogens with two attached hydrogens (primary N) is 1. The maximum Gasteiger partial charge on any atom is 0.249 e. The number of carbonyl (C=O) groups excluding carboxylic acids is 1. The predicted molar refractivity (Wildman–Crippen MR) is 84.5 cm³/mol. The van der Waals surface area contributed by atoms with Crippen LogP contribution >= 0.6 is 23.7 Å². The molecule has 2 heterocycles. The third-order valence-corrected chi connectivity index (χ3v) is 4.55. The second-order valence-corrected chi connectivity index (χ2v) is 6.62. The number of ether oxygens (including phenoxy) is 1. The topological polar surface area (TPSA) is 64.4 Å². The summed E-state index contributed by atoms with van der Waals surface area (Å²) in [6, 6.07) is 2.17. The largest absolute Gasteiger partial charge is 0.364 e. The fourth-order valence-corrected chi connectivity index (χ4v) is 3.56. The van der Waals surface area contributed by atoms with E-state index in [9.17, 15) is 4.79 Å². The van der Waals surface area contributed by atoms with Crippen LogP contribution in [0.25, 0.3) is 0 Å². The molecule has 1 aliphatic rings. The van der Waals surface area contributed by atoms with Gasteiger partial charge in [0.15, 0.2) is 0 Å². The third kappa shape index (κ3) is 3.95. The van der Waals surface area contributed by atoms with Crippen molar-refractivity contribution in [3.8, 4) is 0 Å². The van der Waals surface area contributed by atoms with E-state index in [-0.39, 0.29) is 36.6 Å². The Balaban J connectivity index is 0.00000200. The molecule has 3 N–H and O–H groups in total. The van der Waals surface area contributed by atoms with Gasteiger partial charge in [-0.3, -0.25) is 4.79 Å². The van der Waals surface area contributed by atoms with Crippen LogP contribution in [-0.2, 0) is 9.53 Å². The molecule has 1 aromatic rings. The molecule has 3 atom stereocenters. The molecule has 0 bridgehead atoms. The van der Waals surface area contributed by atoms with Gasteiger partial charge in [-0.15, -0.1) is 23.7 Å². The number of amides is 1. The Morgan fingerprint density at radius 2 is 2.25 bits per heavy atom. The van der Waals surface area contributed by atoms with Gasteiger partial charge in [0.1, 0.15) is 6.10 Å². The lowest BCUT2D eigenvalue weighted by molar-refractivity contribution is -0.132. The first kappa shape index (κ1) is 17.4. The normalized spacial score (nSPS) is 23.2. The molecule has 1 unspecified atom stereocenters. The number of carbonyl (C=O) groups is 1. The summed E-state index contributed by atoms with van der Waals surface area (Å²) in [5.74, 6) is -0.0216. The first-order valence-corrected chi connectivity index (χ1v) is 7.55. The van der Waals surface area contributed by atoms with Crippen molar-refractivity contribution < 1.29 is 9.53 Å². The maximum atomic E-state index is 12.1. The average Bonchev–Trinajstić information content (AvgIpc) is 2.95. The van der Waals surface area contributed by atoms with E-state index in [0.29, 0.717) is 6.54 Å². The van der Waals surface area contributed by atoms with Crippen LogP contribution in [0, 0.1) is 13.8 Å². The van der Waals surface area contributed by atoms with Crippen molar-refractivity contribution in [3.63, 3.8) is 0 Å². The van der Waals surface area contributed by atoms with Gasteiger partial charge in [0.2, 0.25) is 5.91 Å². The summed E-state index contributed by atoms with van der Waals surface area (Å²) in [6.07, 6.45) is 1.34. The minimum atomic E-state index is -0.337. The minimum Gasteiger partial charge on any atom is -0.364 e. The highest BCUT2D eigenvalue weighted by molar-refractivity contribution is 7.12. The molecule has 114 valence electrons. The highest BCUT2D eigenvalue weighted by Gasteiger charge is 2.30. The van der Waals surface area contributed by atoms with E-state index in [2.05, 4.69) is 25.2 Å². The first-order chi connectivity index (χ1) is 9.01. The quantitative estimate of drug-likeness (QED) is 0.896. The monoisotopic (exact) mass is 318 g/mol. The van der Waals surface area contributed by atoms with Gasteiger partial charge in [-0.25, -0.2) is 0 Å². The SMILES string of the molecule is Cc1cc(C(C)NC(=O)[C@@H]2CC[C@H](CN)O2)c(C)s1.Cl. The summed E-state index contributed by atoms with van der Waals surface area (Å²) in [5.41, 5.74) is 6.75. The number of hydrogen-bond donors (Lipinski definition) is 2. The molecule has 0 aliphatic carbocycles. The zero-order chi connectivity index (χ0) is 14.0. The number of thiophene rings is 1. The van der Waals surface area contributed by atoms with Crippen molar-refractivity contribution in [2.24, 2.45) is 5.73 Å². The van der Waals surface area contributed by atoms with Crippen LogP contribution < -0.4 is 11.1 Å². The maximum absolute atomic E-state index is 12.1. The van der Waals surface area contributed by atoms with Gasteiger partial charge in [-0.2, -0.15) is 0 Å². The van der Waals surface area contributed by atoms with Crippen LogP contribution in [0.1, 0.15) is 41.1 Å². The molecular formula is C14H23ClN2O2S. The van der Waals surface area contributed by atoms with Crippen molar-refractivity contribution in [1.82, 2.24) is 5.32 Å². The van der Waals surface area contributed by atoms with Crippen LogP contribution in [0.5, 0.6) is 0 Å². The molecule has 6 heteroatoms. The van der Waals surface area contributed by atoms with Crippen molar-refractivity contribution in [3.05, 3.63) is 21.4 Å². The molecule has 2 rings (SSSR count). The van der Waals surface area contributed by atoms with Gasteiger partial charge in [0, 0.05) is 16.3 Å². The minimum absolute atomic E-state index is 0. The molecule has 1 amide bonds. The van der Waals surface area contributed by atoms with E-state index >= 15 is 0 Å². The number of nitrogens with one attached hydrogen (secondary N) is 1. The Morgan fingerprint density at radius 1 is 1.55 bits per heavy atom. The van der Waals surface area contributed by atoms with Gasteiger partial charge >= 0.3 is 0 Å². The number of aryl methyl sites for hydroxylation is 2. The van der Waals surface area contributed by atoms with E-state index in [1.54, 1.807) is 11.3 Å². The molecule has 0 aromatic carbocycles. The van der Waals surface area contributed by atoms with Crippen molar-refractivity contribution >= 4 is 29.7 Å². The van der Waals surface area contributed by atoms with E-state index in [1.807, 2.05) is 6.92 Å². The van der Waals surface area contributed by atoms with Gasteiger partial charge in [-0.05, 0) is 45.2 Å². The first-order valence-electron chi connectivity index (χ1n) is 6.74. The van der Waals surface area contributed by atoms with Crippen LogP contribution in [0.3, 0.4) is 0 Å². The van der Waals surface area contributed by atoms with Crippen LogP contribution in [0.2, 0.25) is 0 Å². The lowest BCUT2D eigenvalue weighted by Gasteiger charge is -2.17. The number of hydrogen-bond acceptors (Lipinski definition) is 4. The molecule has 1 aliphatic heterocycles. The second kappa shape index (κ2) is 7.41.